The number of H-pyrrole nitrogens is 1. The van der Waals surface area contributed by atoms with Crippen LogP contribution in [0, 0.1) is 0 Å². The molecule has 2 aromatic rings. The van der Waals surface area contributed by atoms with Crippen molar-refractivity contribution in [3.63, 3.8) is 0 Å². The summed E-state index contributed by atoms with van der Waals surface area (Å²) in [6.07, 6.45) is 0.852. The average molecular weight is 331 g/mol. The number of nitrogens with zero attached hydrogens (tertiary/aromatic N) is 2. The van der Waals surface area contributed by atoms with Crippen LogP contribution in [-0.4, -0.2) is 31.9 Å². The van der Waals surface area contributed by atoms with E-state index in [2.05, 4.69) is 18.9 Å². The van der Waals surface area contributed by atoms with E-state index < -0.39 is 8.25 Å². The lowest BCUT2D eigenvalue weighted by Crippen LogP contribution is -2.13. The number of fused-ring (bicyclic) bond motifs is 1. The maximum Gasteiger partial charge on any atom is 0.694 e. The first-order chi connectivity index (χ1) is 10.0. The van der Waals surface area contributed by atoms with Crippen LogP contribution in [0.3, 0.4) is 0 Å². The Morgan fingerprint density at radius 3 is 3.10 bits per heavy atom. The molecule has 1 aliphatic rings. The van der Waals surface area contributed by atoms with Gasteiger partial charge in [0.25, 0.3) is 5.56 Å². The minimum atomic E-state index is -2.63. The molecule has 0 amide bonds. The zero-order valence-electron chi connectivity index (χ0n) is 10.7. The first-order valence-electron chi connectivity index (χ1n) is 6.14. The first kappa shape index (κ1) is 14.5. The highest BCUT2D eigenvalue weighted by Crippen LogP contribution is 2.38. The SMILES string of the molecule is Nc1nc2c([C@H]3CC[C@@H](CO[P+](=O)O)O3)snc2c(=O)[nH]1. The van der Waals surface area contributed by atoms with Crippen molar-refractivity contribution in [2.45, 2.75) is 25.0 Å². The fourth-order valence-corrected chi connectivity index (χ4v) is 3.43. The number of aromatic nitrogens is 3. The molecule has 9 nitrogen and oxygen atoms in total. The number of nitrogen functional groups attached to an aromatic ring is 1. The van der Waals surface area contributed by atoms with Gasteiger partial charge in [-0.3, -0.25) is 9.78 Å². The second-order valence-corrected chi connectivity index (χ2v) is 6.09. The molecule has 3 heterocycles. The van der Waals surface area contributed by atoms with Crippen LogP contribution in [0.1, 0.15) is 23.8 Å². The highest BCUT2D eigenvalue weighted by Gasteiger charge is 2.32. The minimum Gasteiger partial charge on any atom is -0.369 e. The number of nitrogens with two attached hydrogens (primary N) is 1. The van der Waals surface area contributed by atoms with Gasteiger partial charge in [-0.2, -0.15) is 4.37 Å². The monoisotopic (exact) mass is 331 g/mol. The highest BCUT2D eigenvalue weighted by atomic mass is 32.1. The van der Waals surface area contributed by atoms with Crippen LogP contribution in [0.5, 0.6) is 0 Å². The van der Waals surface area contributed by atoms with Gasteiger partial charge >= 0.3 is 8.25 Å². The van der Waals surface area contributed by atoms with Crippen LogP contribution in [0.15, 0.2) is 4.79 Å². The van der Waals surface area contributed by atoms with Crippen LogP contribution in [0.25, 0.3) is 11.0 Å². The molecule has 0 spiro atoms. The molecule has 1 aliphatic heterocycles. The lowest BCUT2D eigenvalue weighted by molar-refractivity contribution is 0.0186. The number of nitrogens with one attached hydrogen (secondary N) is 1. The average Bonchev–Trinajstić information content (AvgIpc) is 3.02. The zero-order valence-corrected chi connectivity index (χ0v) is 12.4. The van der Waals surface area contributed by atoms with Gasteiger partial charge in [0.15, 0.2) is 5.52 Å². The molecule has 0 bridgehead atoms. The molecule has 4 N–H and O–H groups in total. The molecule has 0 saturated carbocycles. The molecule has 0 radical (unpaired) electrons. The van der Waals surface area contributed by atoms with E-state index >= 15 is 0 Å². The number of ether oxygens (including phenoxy) is 1. The van der Waals surface area contributed by atoms with Gasteiger partial charge in [-0.05, 0) is 24.4 Å². The summed E-state index contributed by atoms with van der Waals surface area (Å²) in [7, 11) is -2.63. The van der Waals surface area contributed by atoms with E-state index in [4.69, 9.17) is 15.4 Å². The van der Waals surface area contributed by atoms with Gasteiger partial charge in [0.2, 0.25) is 5.95 Å². The van der Waals surface area contributed by atoms with Crippen molar-refractivity contribution in [1.29, 1.82) is 0 Å². The van der Waals surface area contributed by atoms with Crippen molar-refractivity contribution in [3.05, 3.63) is 15.2 Å². The lowest BCUT2D eigenvalue weighted by Gasteiger charge is -2.09. The molecule has 1 unspecified atom stereocenters. The largest absolute Gasteiger partial charge is 0.694 e. The second kappa shape index (κ2) is 5.74. The van der Waals surface area contributed by atoms with Crippen molar-refractivity contribution in [2.24, 2.45) is 0 Å². The molecule has 11 heteroatoms. The maximum atomic E-state index is 11.7. The Balaban J connectivity index is 1.82. The first-order valence-corrected chi connectivity index (χ1v) is 8.04. The number of hydrogen-bond donors (Lipinski definition) is 3. The molecular weight excluding hydrogens is 319 g/mol. The minimum absolute atomic E-state index is 0.0316. The van der Waals surface area contributed by atoms with E-state index in [9.17, 15) is 9.36 Å². The van der Waals surface area contributed by atoms with Crippen molar-refractivity contribution in [2.75, 3.05) is 12.3 Å². The van der Waals surface area contributed by atoms with Crippen molar-refractivity contribution >= 4 is 36.8 Å². The summed E-state index contributed by atoms with van der Waals surface area (Å²) >= 11 is 1.15. The van der Waals surface area contributed by atoms with Gasteiger partial charge in [0.05, 0.1) is 17.1 Å². The Hall–Kier alpha value is -1.45. The summed E-state index contributed by atoms with van der Waals surface area (Å²) in [5.74, 6) is 0.0316. The molecule has 21 heavy (non-hydrogen) atoms. The van der Waals surface area contributed by atoms with Gasteiger partial charge in [-0.1, -0.05) is 0 Å². The third-order valence-electron chi connectivity index (χ3n) is 3.15. The molecule has 2 aromatic heterocycles. The van der Waals surface area contributed by atoms with E-state index in [0.29, 0.717) is 18.4 Å². The Morgan fingerprint density at radius 2 is 2.33 bits per heavy atom. The smallest absolute Gasteiger partial charge is 0.369 e. The van der Waals surface area contributed by atoms with Crippen LogP contribution in [-0.2, 0) is 13.8 Å². The third-order valence-corrected chi connectivity index (χ3v) is 4.45. The second-order valence-electron chi connectivity index (χ2n) is 4.55. The van der Waals surface area contributed by atoms with Crippen molar-refractivity contribution in [3.8, 4) is 0 Å². The van der Waals surface area contributed by atoms with Gasteiger partial charge < -0.3 is 10.5 Å². The highest BCUT2D eigenvalue weighted by molar-refractivity contribution is 7.32. The predicted octanol–water partition coefficient (Wildman–Crippen LogP) is 0.848. The van der Waals surface area contributed by atoms with Gasteiger partial charge in [-0.15, -0.1) is 9.42 Å². The summed E-state index contributed by atoms with van der Waals surface area (Å²) in [5.41, 5.74) is 5.86. The van der Waals surface area contributed by atoms with Gasteiger partial charge in [0.1, 0.15) is 12.1 Å². The Bertz CT molecular complexity index is 747. The number of hydrogen-bond acceptors (Lipinski definition) is 8. The summed E-state index contributed by atoms with van der Waals surface area (Å²) in [5, 5.41) is 0. The molecule has 0 aromatic carbocycles. The Labute approximate surface area is 123 Å². The zero-order chi connectivity index (χ0) is 15.0. The number of anilines is 1. The van der Waals surface area contributed by atoms with Crippen LogP contribution >= 0.6 is 19.8 Å². The van der Waals surface area contributed by atoms with E-state index in [-0.39, 0.29) is 35.8 Å². The van der Waals surface area contributed by atoms with Gasteiger partial charge in [-0.25, -0.2) is 4.98 Å². The molecular formula is C10H12N4O5PS+. The molecule has 1 fully saturated rings. The maximum absolute atomic E-state index is 11.7. The van der Waals surface area contributed by atoms with E-state index in [1.807, 2.05) is 0 Å². The molecule has 3 atom stereocenters. The Morgan fingerprint density at radius 1 is 1.52 bits per heavy atom. The topological polar surface area (TPSA) is 140 Å². The summed E-state index contributed by atoms with van der Waals surface area (Å²) < 4.78 is 25.0. The molecule has 1 saturated heterocycles. The van der Waals surface area contributed by atoms with E-state index in [1.54, 1.807) is 0 Å². The van der Waals surface area contributed by atoms with Crippen molar-refractivity contribution < 1.29 is 18.7 Å². The normalized spacial score (nSPS) is 22.8. The third kappa shape index (κ3) is 2.94. The number of aromatic amines is 1. The summed E-state index contributed by atoms with van der Waals surface area (Å²) in [6.45, 7) is 0.0507. The van der Waals surface area contributed by atoms with E-state index in [1.165, 1.54) is 0 Å². The fourth-order valence-electron chi connectivity index (χ4n) is 2.26. The van der Waals surface area contributed by atoms with Gasteiger partial charge in [0, 0.05) is 4.57 Å². The molecule has 3 rings (SSSR count). The number of rotatable bonds is 4. The van der Waals surface area contributed by atoms with Crippen LogP contribution in [0.4, 0.5) is 5.95 Å². The Kier molecular flexibility index (Phi) is 3.96. The summed E-state index contributed by atoms with van der Waals surface area (Å²) in [4.78, 5) is 27.6. The van der Waals surface area contributed by atoms with Crippen LogP contribution < -0.4 is 11.3 Å². The van der Waals surface area contributed by atoms with Crippen molar-refractivity contribution in [1.82, 2.24) is 14.3 Å². The van der Waals surface area contributed by atoms with E-state index in [0.717, 1.165) is 16.4 Å². The molecule has 0 aliphatic carbocycles. The lowest BCUT2D eigenvalue weighted by atomic mass is 10.1. The standard InChI is InChI=1S/C10H11N4O5PS/c11-10-12-6-7(9(15)13-10)14-21-8(6)5-2-1-4(19-5)3-18-20(16)17/h4-5H,1-3H2,(H3-,11,12,13,15,16,17)/p+1/t4-,5+/m0/s1. The van der Waals surface area contributed by atoms with Crippen LogP contribution in [0.2, 0.25) is 0 Å². The predicted molar refractivity (Wildman–Crippen MR) is 75.1 cm³/mol. The quantitative estimate of drug-likeness (QED) is 0.700. The summed E-state index contributed by atoms with van der Waals surface area (Å²) in [6, 6.07) is 0. The fraction of sp³-hybridized carbons (Fsp3) is 0.500. The molecule has 112 valence electrons.